The average molecular weight is 265 g/mol. The van der Waals surface area contributed by atoms with Gasteiger partial charge in [-0.25, -0.2) is 0 Å². The van der Waals surface area contributed by atoms with Crippen LogP contribution in [-0.4, -0.2) is 24.7 Å². The summed E-state index contributed by atoms with van der Waals surface area (Å²) in [7, 11) is 1.62. The zero-order chi connectivity index (χ0) is 14.3. The molecule has 0 radical (unpaired) electrons. The lowest BCUT2D eigenvalue weighted by Gasteiger charge is -2.33. The highest BCUT2D eigenvalue weighted by molar-refractivity contribution is 5.69. The van der Waals surface area contributed by atoms with E-state index in [1.807, 2.05) is 31.2 Å². The highest BCUT2D eigenvalue weighted by atomic mass is 16.5. The summed E-state index contributed by atoms with van der Waals surface area (Å²) in [6.45, 7) is 4.88. The molecule has 2 N–H and O–H groups in total. The molecule has 106 valence electrons. The molecule has 1 unspecified atom stereocenters. The predicted molar refractivity (Wildman–Crippen MR) is 75.5 cm³/mol. The first-order chi connectivity index (χ1) is 9.07. The van der Waals surface area contributed by atoms with Crippen molar-refractivity contribution in [3.63, 3.8) is 0 Å². The van der Waals surface area contributed by atoms with E-state index in [0.717, 1.165) is 30.7 Å². The summed E-state index contributed by atoms with van der Waals surface area (Å²) < 4.78 is 5.14. The molecule has 0 aliphatic heterocycles. The number of methoxy groups -OCH3 is 1. The van der Waals surface area contributed by atoms with Crippen LogP contribution in [0, 0.1) is 0 Å². The molecule has 0 amide bonds. The number of carbonyl (C=O) groups is 1. The lowest BCUT2D eigenvalue weighted by molar-refractivity contribution is -0.139. The van der Waals surface area contributed by atoms with Crippen LogP contribution in [0.15, 0.2) is 24.3 Å². The molecule has 0 saturated carbocycles. The van der Waals surface area contributed by atoms with E-state index < -0.39 is 11.5 Å². The second-order valence-corrected chi connectivity index (χ2v) is 4.66. The third-order valence-electron chi connectivity index (χ3n) is 3.41. The highest BCUT2D eigenvalue weighted by Crippen LogP contribution is 2.30. The van der Waals surface area contributed by atoms with Gasteiger partial charge in [0.2, 0.25) is 0 Å². The molecule has 4 heteroatoms. The molecule has 0 aromatic heterocycles. The van der Waals surface area contributed by atoms with Crippen molar-refractivity contribution >= 4 is 5.97 Å². The Morgan fingerprint density at radius 3 is 2.37 bits per heavy atom. The van der Waals surface area contributed by atoms with Crippen molar-refractivity contribution in [1.82, 2.24) is 5.32 Å². The minimum Gasteiger partial charge on any atom is -0.497 e. The van der Waals surface area contributed by atoms with E-state index in [0.29, 0.717) is 0 Å². The fourth-order valence-corrected chi connectivity index (χ4v) is 2.25. The van der Waals surface area contributed by atoms with Crippen LogP contribution in [0.4, 0.5) is 0 Å². The molecule has 1 atom stereocenters. The normalized spacial score (nSPS) is 13.8. The van der Waals surface area contributed by atoms with Crippen molar-refractivity contribution in [3.8, 4) is 5.75 Å². The van der Waals surface area contributed by atoms with Gasteiger partial charge in [0.1, 0.15) is 5.75 Å². The Kier molecular flexibility index (Phi) is 5.83. The van der Waals surface area contributed by atoms with Crippen LogP contribution in [0.1, 0.15) is 38.7 Å². The van der Waals surface area contributed by atoms with E-state index in [9.17, 15) is 9.90 Å². The first-order valence-corrected chi connectivity index (χ1v) is 6.69. The zero-order valence-electron chi connectivity index (χ0n) is 11.9. The maximum absolute atomic E-state index is 11.2. The van der Waals surface area contributed by atoms with Crippen LogP contribution in [0.5, 0.6) is 5.75 Å². The second-order valence-electron chi connectivity index (χ2n) is 4.66. The fraction of sp³-hybridized carbons (Fsp3) is 0.533. The molecule has 0 heterocycles. The Bertz CT molecular complexity index is 402. The monoisotopic (exact) mass is 265 g/mol. The minimum absolute atomic E-state index is 0.0792. The standard InChI is InChI=1S/C15H23NO3/c1-4-10-16-15(5-2,11-14(17)18)12-6-8-13(19-3)9-7-12/h6-9,16H,4-5,10-11H2,1-3H3,(H,17,18). The molecule has 0 saturated heterocycles. The van der Waals surface area contributed by atoms with Gasteiger partial charge in [-0.05, 0) is 37.1 Å². The first kappa shape index (κ1) is 15.5. The second kappa shape index (κ2) is 7.14. The van der Waals surface area contributed by atoms with Gasteiger partial charge in [-0.3, -0.25) is 4.79 Å². The lowest BCUT2D eigenvalue weighted by Crippen LogP contribution is -2.44. The van der Waals surface area contributed by atoms with Gasteiger partial charge in [-0.2, -0.15) is 0 Å². The molecule has 1 aromatic rings. The summed E-state index contributed by atoms with van der Waals surface area (Å²) in [6, 6.07) is 7.62. The molecular weight excluding hydrogens is 242 g/mol. The van der Waals surface area contributed by atoms with Gasteiger partial charge >= 0.3 is 5.97 Å². The van der Waals surface area contributed by atoms with Gasteiger partial charge in [0.15, 0.2) is 0 Å². The van der Waals surface area contributed by atoms with Crippen LogP contribution < -0.4 is 10.1 Å². The third kappa shape index (κ3) is 3.96. The largest absolute Gasteiger partial charge is 0.497 e. The topological polar surface area (TPSA) is 58.6 Å². The maximum Gasteiger partial charge on any atom is 0.305 e. The van der Waals surface area contributed by atoms with Gasteiger partial charge in [0.05, 0.1) is 19.1 Å². The molecule has 0 aliphatic carbocycles. The number of aliphatic carboxylic acids is 1. The van der Waals surface area contributed by atoms with Crippen LogP contribution in [0.2, 0.25) is 0 Å². The van der Waals surface area contributed by atoms with Gasteiger partial charge in [0.25, 0.3) is 0 Å². The summed E-state index contributed by atoms with van der Waals surface area (Å²) in [6.07, 6.45) is 1.78. The Morgan fingerprint density at radius 2 is 1.95 bits per heavy atom. The summed E-state index contributed by atoms with van der Waals surface area (Å²) in [5.74, 6) is -0.0131. The van der Waals surface area contributed by atoms with E-state index in [2.05, 4.69) is 12.2 Å². The van der Waals surface area contributed by atoms with E-state index in [1.165, 1.54) is 0 Å². The fourth-order valence-electron chi connectivity index (χ4n) is 2.25. The molecule has 0 fully saturated rings. The van der Waals surface area contributed by atoms with Crippen molar-refractivity contribution in [3.05, 3.63) is 29.8 Å². The third-order valence-corrected chi connectivity index (χ3v) is 3.41. The number of carboxylic acids is 1. The summed E-state index contributed by atoms with van der Waals surface area (Å²) in [5.41, 5.74) is 0.486. The number of carboxylic acid groups (broad SMARTS) is 1. The highest BCUT2D eigenvalue weighted by Gasteiger charge is 2.32. The lowest BCUT2D eigenvalue weighted by atomic mass is 9.84. The average Bonchev–Trinajstić information content (AvgIpc) is 2.43. The first-order valence-electron chi connectivity index (χ1n) is 6.69. The van der Waals surface area contributed by atoms with Gasteiger partial charge in [-0.1, -0.05) is 26.0 Å². The molecule has 1 aromatic carbocycles. The summed E-state index contributed by atoms with van der Waals surface area (Å²) in [4.78, 5) is 11.2. The molecule has 1 rings (SSSR count). The Labute approximate surface area is 114 Å². The molecule has 19 heavy (non-hydrogen) atoms. The maximum atomic E-state index is 11.2. The molecule has 0 aliphatic rings. The van der Waals surface area contributed by atoms with Crippen molar-refractivity contribution in [2.75, 3.05) is 13.7 Å². The van der Waals surface area contributed by atoms with Gasteiger partial charge in [0, 0.05) is 0 Å². The van der Waals surface area contributed by atoms with Crippen molar-refractivity contribution in [2.24, 2.45) is 0 Å². The van der Waals surface area contributed by atoms with E-state index >= 15 is 0 Å². The number of rotatable bonds is 8. The number of benzene rings is 1. The number of ether oxygens (including phenoxy) is 1. The molecule has 0 bridgehead atoms. The van der Waals surface area contributed by atoms with Crippen molar-refractivity contribution in [1.29, 1.82) is 0 Å². The minimum atomic E-state index is -0.790. The Morgan fingerprint density at radius 1 is 1.32 bits per heavy atom. The summed E-state index contributed by atoms with van der Waals surface area (Å²) >= 11 is 0. The van der Waals surface area contributed by atoms with Crippen molar-refractivity contribution < 1.29 is 14.6 Å². The Balaban J connectivity index is 3.07. The van der Waals surface area contributed by atoms with Crippen LogP contribution >= 0.6 is 0 Å². The van der Waals surface area contributed by atoms with Crippen LogP contribution in [-0.2, 0) is 10.3 Å². The predicted octanol–water partition coefficient (Wildman–Crippen LogP) is 2.77. The number of hydrogen-bond donors (Lipinski definition) is 2. The van der Waals surface area contributed by atoms with Gasteiger partial charge in [-0.15, -0.1) is 0 Å². The number of hydrogen-bond acceptors (Lipinski definition) is 3. The van der Waals surface area contributed by atoms with Gasteiger partial charge < -0.3 is 15.2 Å². The quantitative estimate of drug-likeness (QED) is 0.759. The molecule has 0 spiro atoms. The van der Waals surface area contributed by atoms with Crippen LogP contribution in [0.25, 0.3) is 0 Å². The van der Waals surface area contributed by atoms with E-state index in [4.69, 9.17) is 4.74 Å². The number of nitrogens with one attached hydrogen (secondary N) is 1. The van der Waals surface area contributed by atoms with Crippen molar-refractivity contribution in [2.45, 2.75) is 38.6 Å². The van der Waals surface area contributed by atoms with Crippen LogP contribution in [0.3, 0.4) is 0 Å². The summed E-state index contributed by atoms with van der Waals surface area (Å²) in [5, 5.41) is 12.6. The smallest absolute Gasteiger partial charge is 0.305 e. The molecular formula is C15H23NO3. The Hall–Kier alpha value is -1.55. The molecule has 4 nitrogen and oxygen atoms in total. The SMILES string of the molecule is CCCNC(CC)(CC(=O)O)c1ccc(OC)cc1. The van der Waals surface area contributed by atoms with E-state index in [-0.39, 0.29) is 6.42 Å². The zero-order valence-corrected chi connectivity index (χ0v) is 11.9. The van der Waals surface area contributed by atoms with E-state index in [1.54, 1.807) is 7.11 Å².